The van der Waals surface area contributed by atoms with Gasteiger partial charge in [0, 0.05) is 24.5 Å². The second kappa shape index (κ2) is 6.67. The first kappa shape index (κ1) is 14.6. The predicted octanol–water partition coefficient (Wildman–Crippen LogP) is 4.94. The van der Waals surface area contributed by atoms with Crippen LogP contribution in [0, 0.1) is 0 Å². The van der Waals surface area contributed by atoms with Crippen molar-refractivity contribution in [2.75, 3.05) is 6.54 Å². The summed E-state index contributed by atoms with van der Waals surface area (Å²) < 4.78 is 0. The van der Waals surface area contributed by atoms with Gasteiger partial charge in [0.2, 0.25) is 0 Å². The van der Waals surface area contributed by atoms with Gasteiger partial charge in [0.25, 0.3) is 0 Å². The fraction of sp³-hybridized carbons (Fsp3) is 0.381. The molecule has 0 radical (unpaired) electrons. The Kier molecular flexibility index (Phi) is 4.25. The third-order valence-electron chi connectivity index (χ3n) is 5.34. The van der Waals surface area contributed by atoms with E-state index in [0.29, 0.717) is 6.04 Å². The van der Waals surface area contributed by atoms with Crippen LogP contribution in [-0.2, 0) is 0 Å². The average Bonchev–Trinajstić information content (AvgIpc) is 3.05. The number of piperidine rings is 1. The largest absolute Gasteiger partial charge is 0.293 e. The number of rotatable bonds is 3. The Morgan fingerprint density at radius 2 is 1.57 bits per heavy atom. The zero-order chi connectivity index (χ0) is 15.5. The van der Waals surface area contributed by atoms with Crippen molar-refractivity contribution in [1.82, 2.24) is 9.88 Å². The molecule has 2 fully saturated rings. The first-order chi connectivity index (χ1) is 11.4. The lowest BCUT2D eigenvalue weighted by Crippen LogP contribution is -2.35. The Balaban J connectivity index is 1.47. The maximum Gasteiger partial charge on any atom is 0.0351 e. The second-order valence-corrected chi connectivity index (χ2v) is 6.76. The molecule has 2 aromatic rings. The van der Waals surface area contributed by atoms with Crippen molar-refractivity contribution in [2.45, 2.75) is 44.2 Å². The number of nitrogens with zero attached hydrogens (tertiary/aromatic N) is 2. The highest BCUT2D eigenvalue weighted by Gasteiger charge is 2.35. The van der Waals surface area contributed by atoms with E-state index in [1.165, 1.54) is 55.3 Å². The highest BCUT2D eigenvalue weighted by Crippen LogP contribution is 2.40. The lowest BCUT2D eigenvalue weighted by atomic mass is 10.0. The maximum atomic E-state index is 4.05. The van der Waals surface area contributed by atoms with Gasteiger partial charge in [-0.25, -0.2) is 0 Å². The summed E-state index contributed by atoms with van der Waals surface area (Å²) in [7, 11) is 0. The maximum absolute atomic E-state index is 4.05. The molecule has 2 aliphatic heterocycles. The van der Waals surface area contributed by atoms with Crippen LogP contribution in [0.4, 0.5) is 0 Å². The number of hydrogen-bond donors (Lipinski definition) is 0. The monoisotopic (exact) mass is 304 g/mol. The van der Waals surface area contributed by atoms with Crippen molar-refractivity contribution in [3.05, 3.63) is 65.5 Å². The molecule has 3 heterocycles. The number of aromatic nitrogens is 1. The molecule has 2 saturated heterocycles. The van der Waals surface area contributed by atoms with Gasteiger partial charge < -0.3 is 0 Å². The topological polar surface area (TPSA) is 16.1 Å². The molecule has 1 aromatic carbocycles. The minimum atomic E-state index is 0.651. The van der Waals surface area contributed by atoms with Gasteiger partial charge in [-0.15, -0.1) is 0 Å². The van der Waals surface area contributed by atoms with Crippen molar-refractivity contribution < 1.29 is 0 Å². The first-order valence-electron chi connectivity index (χ1n) is 8.84. The van der Waals surface area contributed by atoms with E-state index >= 15 is 0 Å². The molecule has 0 unspecified atom stereocenters. The summed E-state index contributed by atoms with van der Waals surface area (Å²) in [5, 5.41) is 0. The van der Waals surface area contributed by atoms with Gasteiger partial charge >= 0.3 is 0 Å². The van der Waals surface area contributed by atoms with Crippen molar-refractivity contribution in [3.63, 3.8) is 0 Å². The summed E-state index contributed by atoms with van der Waals surface area (Å²) in [5.41, 5.74) is 3.95. The van der Waals surface area contributed by atoms with E-state index in [4.69, 9.17) is 0 Å². The lowest BCUT2D eigenvalue weighted by Gasteiger charge is -2.34. The van der Waals surface area contributed by atoms with Crippen LogP contribution >= 0.6 is 0 Å². The standard InChI is InChI=1S/C21H24N2/c1-2-16-23-20(3-1)10-11-21(23)19-8-6-17(7-9-19)4-5-18-12-14-22-15-13-18/h4-9,12-15,20-21H,1-3,10-11,16H2/b5-4+/t20-,21-/m1/s1. The van der Waals surface area contributed by atoms with Crippen molar-refractivity contribution in [1.29, 1.82) is 0 Å². The molecule has 2 heteroatoms. The molecular weight excluding hydrogens is 280 g/mol. The van der Waals surface area contributed by atoms with Crippen molar-refractivity contribution >= 4 is 12.2 Å². The van der Waals surface area contributed by atoms with Gasteiger partial charge in [-0.05, 0) is 61.1 Å². The van der Waals surface area contributed by atoms with E-state index in [0.717, 1.165) is 6.04 Å². The summed E-state index contributed by atoms with van der Waals surface area (Å²) >= 11 is 0. The molecule has 0 spiro atoms. The van der Waals surface area contributed by atoms with E-state index in [-0.39, 0.29) is 0 Å². The third-order valence-corrected chi connectivity index (χ3v) is 5.34. The van der Waals surface area contributed by atoms with Crippen LogP contribution in [-0.4, -0.2) is 22.5 Å². The molecule has 0 aliphatic carbocycles. The SMILES string of the molecule is C(=C\c1ccc([C@H]2CC[C@H]3CCCCN32)cc1)/c1ccncc1. The Labute approximate surface area is 138 Å². The van der Waals surface area contributed by atoms with E-state index < -0.39 is 0 Å². The van der Waals surface area contributed by atoms with Gasteiger partial charge in [-0.3, -0.25) is 9.88 Å². The van der Waals surface area contributed by atoms with Crippen LogP contribution in [0.1, 0.15) is 54.8 Å². The Hall–Kier alpha value is -1.93. The first-order valence-corrected chi connectivity index (χ1v) is 8.84. The Bertz CT molecular complexity index is 660. The predicted molar refractivity (Wildman–Crippen MR) is 95.9 cm³/mol. The number of benzene rings is 1. The summed E-state index contributed by atoms with van der Waals surface area (Å²) in [6, 6.07) is 14.7. The minimum absolute atomic E-state index is 0.651. The number of pyridine rings is 1. The van der Waals surface area contributed by atoms with Gasteiger partial charge in [-0.2, -0.15) is 0 Å². The van der Waals surface area contributed by atoms with Gasteiger partial charge in [-0.1, -0.05) is 42.8 Å². The van der Waals surface area contributed by atoms with E-state index in [9.17, 15) is 0 Å². The summed E-state index contributed by atoms with van der Waals surface area (Å²) in [6.45, 7) is 1.29. The van der Waals surface area contributed by atoms with Crippen molar-refractivity contribution in [3.8, 4) is 0 Å². The summed E-state index contributed by atoms with van der Waals surface area (Å²) in [6.07, 6.45) is 14.9. The molecule has 0 amide bonds. The molecular formula is C21H24N2. The Morgan fingerprint density at radius 3 is 2.35 bits per heavy atom. The van der Waals surface area contributed by atoms with Crippen LogP contribution in [0.5, 0.6) is 0 Å². The molecule has 0 bridgehead atoms. The van der Waals surface area contributed by atoms with E-state index in [1.54, 1.807) is 0 Å². The highest BCUT2D eigenvalue weighted by molar-refractivity contribution is 5.69. The summed E-state index contributed by atoms with van der Waals surface area (Å²) in [4.78, 5) is 6.81. The smallest absolute Gasteiger partial charge is 0.0351 e. The normalized spacial score (nSPS) is 24.9. The van der Waals surface area contributed by atoms with Crippen LogP contribution in [0.15, 0.2) is 48.8 Å². The highest BCUT2D eigenvalue weighted by atomic mass is 15.2. The van der Waals surface area contributed by atoms with Crippen LogP contribution in [0.3, 0.4) is 0 Å². The lowest BCUT2D eigenvalue weighted by molar-refractivity contribution is 0.150. The Morgan fingerprint density at radius 1 is 0.826 bits per heavy atom. The van der Waals surface area contributed by atoms with Gasteiger partial charge in [0.15, 0.2) is 0 Å². The quantitative estimate of drug-likeness (QED) is 0.798. The fourth-order valence-corrected chi connectivity index (χ4v) is 4.11. The van der Waals surface area contributed by atoms with Crippen LogP contribution in [0.2, 0.25) is 0 Å². The molecule has 1 aromatic heterocycles. The molecule has 0 N–H and O–H groups in total. The zero-order valence-electron chi connectivity index (χ0n) is 13.6. The number of fused-ring (bicyclic) bond motifs is 1. The minimum Gasteiger partial charge on any atom is -0.293 e. The van der Waals surface area contributed by atoms with Gasteiger partial charge in [0.1, 0.15) is 0 Å². The zero-order valence-corrected chi connectivity index (χ0v) is 13.6. The van der Waals surface area contributed by atoms with E-state index in [2.05, 4.69) is 46.3 Å². The number of hydrogen-bond acceptors (Lipinski definition) is 2. The van der Waals surface area contributed by atoms with E-state index in [1.807, 2.05) is 24.5 Å². The van der Waals surface area contributed by atoms with Crippen LogP contribution < -0.4 is 0 Å². The van der Waals surface area contributed by atoms with Crippen LogP contribution in [0.25, 0.3) is 12.2 Å². The molecule has 118 valence electrons. The molecule has 2 aliphatic rings. The molecule has 2 nitrogen and oxygen atoms in total. The third kappa shape index (κ3) is 3.23. The molecule has 4 rings (SSSR count). The fourth-order valence-electron chi connectivity index (χ4n) is 4.11. The second-order valence-electron chi connectivity index (χ2n) is 6.76. The molecule has 23 heavy (non-hydrogen) atoms. The van der Waals surface area contributed by atoms with Gasteiger partial charge in [0.05, 0.1) is 0 Å². The molecule has 2 atom stereocenters. The summed E-state index contributed by atoms with van der Waals surface area (Å²) in [5.74, 6) is 0. The average molecular weight is 304 g/mol. The van der Waals surface area contributed by atoms with Crippen molar-refractivity contribution in [2.24, 2.45) is 0 Å². The molecule has 0 saturated carbocycles.